The predicted molar refractivity (Wildman–Crippen MR) is 165 cm³/mol. The van der Waals surface area contributed by atoms with Crippen LogP contribution in [0.5, 0.6) is 0 Å². The zero-order chi connectivity index (χ0) is 30.3. The van der Waals surface area contributed by atoms with Crippen molar-refractivity contribution in [2.45, 2.75) is 143 Å². The lowest BCUT2D eigenvalue weighted by Gasteiger charge is -2.70. The molecule has 0 aromatic rings. The van der Waals surface area contributed by atoms with Crippen molar-refractivity contribution in [2.75, 3.05) is 32.8 Å². The van der Waals surface area contributed by atoms with Crippen LogP contribution in [0.3, 0.4) is 0 Å². The van der Waals surface area contributed by atoms with Crippen molar-refractivity contribution in [3.05, 3.63) is 0 Å². The summed E-state index contributed by atoms with van der Waals surface area (Å²) < 4.78 is 18.7. The fraction of sp³-hybridized carbons (Fsp3) is 0.972. The van der Waals surface area contributed by atoms with Crippen LogP contribution in [0.25, 0.3) is 0 Å². The topological polar surface area (TPSA) is 68.2 Å². The highest BCUT2D eigenvalue weighted by Crippen LogP contribution is 2.76. The second kappa shape index (κ2) is 10.4. The molecule has 4 aliphatic carbocycles. The molecule has 42 heavy (non-hydrogen) atoms. The van der Waals surface area contributed by atoms with Gasteiger partial charge >= 0.3 is 5.97 Å². The first-order chi connectivity index (χ1) is 19.6. The zero-order valence-corrected chi connectivity index (χ0v) is 28.1. The number of aliphatic hydroxyl groups excluding tert-OH is 1. The molecule has 2 heterocycles. The van der Waals surface area contributed by atoms with Crippen LogP contribution in [0.15, 0.2) is 0 Å². The number of esters is 1. The van der Waals surface area contributed by atoms with E-state index < -0.39 is 0 Å². The fourth-order valence-electron chi connectivity index (χ4n) is 12.6. The number of nitrogens with zero attached hydrogens (tertiary/aromatic N) is 1. The molecule has 0 radical (unpaired) electrons. The number of carbonyl (C=O) groups excluding carboxylic acids is 1. The van der Waals surface area contributed by atoms with Gasteiger partial charge < -0.3 is 19.3 Å². The molecular formula is C36H61NO5. The molecular weight excluding hydrogens is 526 g/mol. The van der Waals surface area contributed by atoms with Crippen molar-refractivity contribution >= 4 is 5.97 Å². The number of ether oxygens (including phenoxy) is 3. The van der Waals surface area contributed by atoms with Gasteiger partial charge in [-0.25, -0.2) is 0 Å². The van der Waals surface area contributed by atoms with E-state index in [1.807, 2.05) is 0 Å². The summed E-state index contributed by atoms with van der Waals surface area (Å²) >= 11 is 0. The third-order valence-electron chi connectivity index (χ3n) is 14.8. The van der Waals surface area contributed by atoms with Gasteiger partial charge in [0.15, 0.2) is 0 Å². The second-order valence-electron chi connectivity index (χ2n) is 17.7. The van der Waals surface area contributed by atoms with Crippen LogP contribution in [0.1, 0.15) is 120 Å². The Hall–Kier alpha value is -0.690. The molecule has 0 aromatic carbocycles. The van der Waals surface area contributed by atoms with Crippen LogP contribution >= 0.6 is 0 Å². The van der Waals surface area contributed by atoms with Crippen LogP contribution in [-0.4, -0.2) is 72.2 Å². The number of hydrogen-bond donors (Lipinski definition) is 1. The number of aliphatic hydroxyl groups is 1. The number of hydrogen-bond acceptors (Lipinski definition) is 6. The first-order valence-corrected chi connectivity index (χ1v) is 17.4. The van der Waals surface area contributed by atoms with Gasteiger partial charge in [-0.2, -0.15) is 0 Å². The molecule has 10 atom stereocenters. The molecule has 0 spiro atoms. The summed E-state index contributed by atoms with van der Waals surface area (Å²) in [6, 6.07) is 0. The Morgan fingerprint density at radius 3 is 2.24 bits per heavy atom. The molecule has 240 valence electrons. The second-order valence-corrected chi connectivity index (χ2v) is 17.7. The van der Waals surface area contributed by atoms with Gasteiger partial charge in [-0.3, -0.25) is 9.69 Å². The fourth-order valence-corrected chi connectivity index (χ4v) is 12.6. The van der Waals surface area contributed by atoms with Gasteiger partial charge in [0.1, 0.15) is 6.10 Å². The lowest BCUT2D eigenvalue weighted by atomic mass is 9.35. The lowest BCUT2D eigenvalue weighted by Crippen LogP contribution is -2.67. The Kier molecular flexibility index (Phi) is 7.77. The summed E-state index contributed by atoms with van der Waals surface area (Å²) in [6.07, 6.45) is 10.7. The third-order valence-corrected chi connectivity index (χ3v) is 14.8. The molecule has 2 aliphatic heterocycles. The Morgan fingerprint density at radius 1 is 0.857 bits per heavy atom. The standard InChI is InChI=1S/C36H61NO5/c1-31(2)13-9-14-36(8,42-31)24-10-16-35(7)30(24)25(38)22-27-33(5)15-12-28(32(3,4)26(33)11-17-34(27,35)6)41-29(39)23-37-18-20-40-21-19-37/h24-28,30,38H,9-23H2,1-8H3/t24-,25+,26-,27+,28-,30-,33-,34+,35+,36+/m0/s1. The summed E-state index contributed by atoms with van der Waals surface area (Å²) in [5, 5.41) is 12.2. The van der Waals surface area contributed by atoms with E-state index in [9.17, 15) is 9.90 Å². The molecule has 2 saturated heterocycles. The number of morpholine rings is 1. The van der Waals surface area contributed by atoms with Crippen LogP contribution < -0.4 is 0 Å². The molecule has 0 bridgehead atoms. The minimum atomic E-state index is -0.284. The number of rotatable bonds is 4. The lowest BCUT2D eigenvalue weighted by molar-refractivity contribution is -0.259. The quantitative estimate of drug-likeness (QED) is 0.373. The maximum absolute atomic E-state index is 13.1. The van der Waals surface area contributed by atoms with Gasteiger partial charge in [0.2, 0.25) is 0 Å². The Bertz CT molecular complexity index is 1040. The molecule has 6 aliphatic rings. The summed E-state index contributed by atoms with van der Waals surface area (Å²) in [5.74, 6) is 1.57. The summed E-state index contributed by atoms with van der Waals surface area (Å²) in [6.45, 7) is 22.7. The first-order valence-electron chi connectivity index (χ1n) is 17.4. The molecule has 0 amide bonds. The molecule has 0 aromatic heterocycles. The minimum Gasteiger partial charge on any atom is -0.461 e. The van der Waals surface area contributed by atoms with Crippen LogP contribution in [0, 0.1) is 45.3 Å². The Morgan fingerprint density at radius 2 is 1.55 bits per heavy atom. The average Bonchev–Trinajstić information content (AvgIpc) is 3.28. The SMILES string of the molecule is CC1(C)CCC[C@](C)([C@H]2CC[C@]3(C)[C@@H]2[C@H](O)C[C@@H]2[C@@]4(C)CC[C@H](OC(=O)CN5CCOCC5)C(C)(C)[C@@H]4CC[C@]23C)O1. The number of fused-ring (bicyclic) bond motifs is 5. The van der Waals surface area contributed by atoms with Crippen molar-refractivity contribution in [1.29, 1.82) is 0 Å². The largest absolute Gasteiger partial charge is 0.461 e. The maximum atomic E-state index is 13.1. The van der Waals surface area contributed by atoms with E-state index in [4.69, 9.17) is 14.2 Å². The first kappa shape index (κ1) is 31.3. The molecule has 1 N–H and O–H groups in total. The highest BCUT2D eigenvalue weighted by molar-refractivity contribution is 5.72. The molecule has 6 heteroatoms. The number of carbonyl (C=O) groups is 1. The predicted octanol–water partition coefficient (Wildman–Crippen LogP) is 6.62. The van der Waals surface area contributed by atoms with Crippen molar-refractivity contribution in [3.63, 3.8) is 0 Å². The van der Waals surface area contributed by atoms with Crippen LogP contribution in [-0.2, 0) is 19.0 Å². The smallest absolute Gasteiger partial charge is 0.320 e. The van der Waals surface area contributed by atoms with Crippen molar-refractivity contribution in [1.82, 2.24) is 4.90 Å². The van der Waals surface area contributed by atoms with Crippen LogP contribution in [0.4, 0.5) is 0 Å². The highest BCUT2D eigenvalue weighted by atomic mass is 16.5. The molecule has 0 unspecified atom stereocenters. The van der Waals surface area contributed by atoms with E-state index in [-0.39, 0.29) is 51.0 Å². The van der Waals surface area contributed by atoms with Crippen LogP contribution in [0.2, 0.25) is 0 Å². The molecule has 4 saturated carbocycles. The van der Waals surface area contributed by atoms with Crippen molar-refractivity contribution in [3.8, 4) is 0 Å². The molecule has 6 rings (SSSR count). The minimum absolute atomic E-state index is 0.0482. The Labute approximate surface area is 256 Å². The van der Waals surface area contributed by atoms with Gasteiger partial charge in [-0.05, 0) is 125 Å². The van der Waals surface area contributed by atoms with E-state index in [0.29, 0.717) is 43.4 Å². The molecule has 6 nitrogen and oxygen atoms in total. The van der Waals surface area contributed by atoms with E-state index in [1.165, 1.54) is 32.1 Å². The van der Waals surface area contributed by atoms with Gasteiger partial charge in [0.05, 0.1) is 37.1 Å². The van der Waals surface area contributed by atoms with Crippen molar-refractivity contribution in [2.24, 2.45) is 45.3 Å². The normalized spacial score (nSPS) is 50.3. The summed E-state index contributed by atoms with van der Waals surface area (Å²) in [5.41, 5.74) is 0.0930. The maximum Gasteiger partial charge on any atom is 0.320 e. The van der Waals surface area contributed by atoms with E-state index in [0.717, 1.165) is 45.2 Å². The van der Waals surface area contributed by atoms with E-state index in [1.54, 1.807) is 0 Å². The Balaban J connectivity index is 1.22. The zero-order valence-electron chi connectivity index (χ0n) is 28.1. The monoisotopic (exact) mass is 587 g/mol. The third kappa shape index (κ3) is 4.74. The van der Waals surface area contributed by atoms with Crippen molar-refractivity contribution < 1.29 is 24.1 Å². The van der Waals surface area contributed by atoms with E-state index in [2.05, 4.69) is 60.3 Å². The molecule has 6 fully saturated rings. The van der Waals surface area contributed by atoms with Gasteiger partial charge in [0.25, 0.3) is 0 Å². The summed E-state index contributed by atoms with van der Waals surface area (Å²) in [4.78, 5) is 15.2. The van der Waals surface area contributed by atoms with Gasteiger partial charge in [0, 0.05) is 18.5 Å². The summed E-state index contributed by atoms with van der Waals surface area (Å²) in [7, 11) is 0. The van der Waals surface area contributed by atoms with Gasteiger partial charge in [-0.15, -0.1) is 0 Å². The average molecular weight is 588 g/mol. The van der Waals surface area contributed by atoms with Gasteiger partial charge in [-0.1, -0.05) is 34.6 Å². The van der Waals surface area contributed by atoms with E-state index >= 15 is 0 Å². The highest BCUT2D eigenvalue weighted by Gasteiger charge is 2.72.